The lowest BCUT2D eigenvalue weighted by Crippen LogP contribution is -2.25. The molecule has 15 aromatic rings. The summed E-state index contributed by atoms with van der Waals surface area (Å²) in [5.41, 5.74) is 34.7. The third-order valence-electron chi connectivity index (χ3n) is 27.2. The van der Waals surface area contributed by atoms with Gasteiger partial charge in [0, 0.05) is 81.1 Å². The van der Waals surface area contributed by atoms with Gasteiger partial charge < -0.3 is 20.4 Å². The molecule has 0 aliphatic heterocycles. The summed E-state index contributed by atoms with van der Waals surface area (Å²) >= 11 is 10.6. The first-order chi connectivity index (χ1) is 64.9. The van der Waals surface area contributed by atoms with Crippen LogP contribution in [0.4, 0.5) is 56.9 Å². The molecule has 17 rings (SSSR count). The lowest BCUT2D eigenvalue weighted by atomic mass is 9.70. The Bertz CT molecular complexity index is 5650. The van der Waals surface area contributed by atoms with Gasteiger partial charge in [-0.1, -0.05) is 432 Å². The van der Waals surface area contributed by atoms with Crippen molar-refractivity contribution >= 4 is 105 Å². The Balaban J connectivity index is 0.000000211. The van der Waals surface area contributed by atoms with Crippen molar-refractivity contribution in [1.82, 2.24) is 0 Å². The van der Waals surface area contributed by atoms with Crippen LogP contribution in [-0.2, 0) is 10.8 Å². The zero-order chi connectivity index (χ0) is 91.1. The highest BCUT2D eigenvalue weighted by Gasteiger charge is 2.45. The normalized spacial score (nSPS) is 12.1. The summed E-state index contributed by atoms with van der Waals surface area (Å²) in [5, 5.41) is 7.12. The van der Waals surface area contributed by atoms with E-state index < -0.39 is 0 Å². The molecule has 2 N–H and O–H groups in total. The zero-order valence-corrected chi connectivity index (χ0v) is 83.2. The number of rotatable bonds is 42. The van der Waals surface area contributed by atoms with E-state index in [1.54, 1.807) is 11.1 Å². The van der Waals surface area contributed by atoms with Gasteiger partial charge in [-0.15, -0.1) is 0 Å². The molecule has 0 unspecified atom stereocenters. The van der Waals surface area contributed by atoms with Crippen LogP contribution in [-0.4, -0.2) is 0 Å². The van der Waals surface area contributed by atoms with Gasteiger partial charge in [-0.3, -0.25) is 0 Å². The van der Waals surface area contributed by atoms with E-state index in [1.807, 2.05) is 12.1 Å². The summed E-state index contributed by atoms with van der Waals surface area (Å²) in [6, 6.07) is 134. The lowest BCUT2D eigenvalue weighted by molar-refractivity contribution is 0.398. The van der Waals surface area contributed by atoms with Crippen molar-refractivity contribution in [1.29, 1.82) is 0 Å². The number of nitrogens with zero attached hydrogens (tertiary/aromatic N) is 2. The average molecular weight is 1960 g/mol. The van der Waals surface area contributed by atoms with Crippen molar-refractivity contribution in [3.63, 3.8) is 0 Å². The van der Waals surface area contributed by atoms with Gasteiger partial charge in [0.2, 0.25) is 0 Å². The number of para-hydroxylation sites is 4. The van der Waals surface area contributed by atoms with E-state index in [2.05, 4.69) is 455 Å². The summed E-state index contributed by atoms with van der Waals surface area (Å²) in [4.78, 5) is 4.68. The maximum Gasteiger partial charge on any atom is 0.0462 e. The van der Waals surface area contributed by atoms with Gasteiger partial charge in [-0.2, -0.15) is 0 Å². The van der Waals surface area contributed by atoms with E-state index in [9.17, 15) is 0 Å². The first-order valence-electron chi connectivity index (χ1n) is 49.5. The number of nitrogens with one attached hydrogen (secondary N) is 2. The van der Waals surface area contributed by atoms with Gasteiger partial charge in [-0.05, 0) is 304 Å². The van der Waals surface area contributed by atoms with E-state index in [-0.39, 0.29) is 25.7 Å². The molecular weight excluding hydrogens is 1820 g/mol. The van der Waals surface area contributed by atoms with Crippen molar-refractivity contribution in [2.75, 3.05) is 20.4 Å². The SMILES string of the molecule is C.C.CCCCCCCCC1(CCCCCCCC)c2cc(-c3ccc(N(c4ccccc4)c4ccc(Br)cc4)cc3)ccc2-c2ccc(-c3ccc(N(c4ccccc4)c4ccc(Br)cc4)cc3)cc21.CCCCCCCCC1(CCCCCCCC)c2cc(-c3ccc(Nc4ccccc4)cc3)ccc2-c2ccc(-c3ccc(Nc4ccccc4)cc3)cc21.Cc1ccc(Br)cc1. The van der Waals surface area contributed by atoms with Gasteiger partial charge in [0.25, 0.3) is 0 Å². The Labute approximate surface area is 830 Å². The van der Waals surface area contributed by atoms with E-state index in [4.69, 9.17) is 0 Å². The molecule has 0 saturated heterocycles. The van der Waals surface area contributed by atoms with Crippen LogP contribution < -0.4 is 20.4 Å². The first-order valence-corrected chi connectivity index (χ1v) is 51.9. The maximum atomic E-state index is 3.65. The van der Waals surface area contributed by atoms with Crippen molar-refractivity contribution in [3.05, 3.63) is 405 Å². The van der Waals surface area contributed by atoms with E-state index in [0.717, 1.165) is 70.3 Å². The molecule has 0 spiro atoms. The van der Waals surface area contributed by atoms with Gasteiger partial charge in [0.05, 0.1) is 0 Å². The average Bonchev–Trinajstić information content (AvgIpc) is 1.56. The second kappa shape index (κ2) is 51.0. The first kappa shape index (κ1) is 100. The Kier molecular flexibility index (Phi) is 38.2. The minimum atomic E-state index is -0.0521. The van der Waals surface area contributed by atoms with Gasteiger partial charge in [0.1, 0.15) is 0 Å². The number of hydrogen-bond acceptors (Lipinski definition) is 4. The number of anilines is 10. The quantitative estimate of drug-likeness (QED) is 0.0373. The molecule has 0 fully saturated rings. The highest BCUT2D eigenvalue weighted by atomic mass is 79.9. The lowest BCUT2D eigenvalue weighted by Gasteiger charge is -2.33. The molecule has 15 aromatic carbocycles. The number of hydrogen-bond donors (Lipinski definition) is 2. The fourth-order valence-electron chi connectivity index (χ4n) is 20.1. The van der Waals surface area contributed by atoms with Crippen LogP contribution in [0.2, 0.25) is 0 Å². The molecule has 7 heteroatoms. The maximum absolute atomic E-state index is 3.65. The number of fused-ring (bicyclic) bond motifs is 6. The van der Waals surface area contributed by atoms with Gasteiger partial charge in [-0.25, -0.2) is 0 Å². The van der Waals surface area contributed by atoms with Crippen LogP contribution in [0.5, 0.6) is 0 Å². The van der Waals surface area contributed by atoms with E-state index in [0.29, 0.717) is 0 Å². The number of unbranched alkanes of at least 4 members (excludes halogenated alkanes) is 20. The standard InChI is InChI=1S/C65H66Br2N2.C53H60N2.C7H7Br.2CH4/c1-3-5-7-9-11-19-45-65(46-20-12-10-8-6-4-2)63-47-51(49-25-35-57(36-26-49)68(55-21-15-13-16-22-55)59-39-31-53(66)32-40-59)29-43-61(63)62-44-30-52(48-64(62)65)50-27-37-58(38-28-50)69(56-23-17-14-18-24-56)60-41-33-54(67)34-42-60;1-3-5-7-9-11-19-37-53(38-20-12-10-8-6-4-2)51-39-43(41-25-31-47(32-26-41)54-45-21-15-13-16-22-45)29-35-49(51)50-36-30-44(40-52(50)53)42-27-33-48(34-28-42)55-46-23-17-14-18-24-46;1-6-2-4-7(8)5-3-6;;/h13-18,21-44,47-48H,3-12,19-20,45-46H2,1-2H3;13-18,21-36,39-40,54-55H,3-12,19-20,37-38H2,1-2H3;2-5H,1H3;2*1H4. The molecule has 690 valence electrons. The molecular formula is C127H141Br3N4. The van der Waals surface area contributed by atoms with Crippen molar-refractivity contribution in [2.24, 2.45) is 0 Å². The van der Waals surface area contributed by atoms with Crippen LogP contribution in [0.15, 0.2) is 377 Å². The molecule has 0 heterocycles. The molecule has 0 amide bonds. The molecule has 0 atom stereocenters. The summed E-state index contributed by atoms with van der Waals surface area (Å²) in [6.07, 6.45) is 36.2. The highest BCUT2D eigenvalue weighted by Crippen LogP contribution is 2.59. The summed E-state index contributed by atoms with van der Waals surface area (Å²) in [6.45, 7) is 11.4. The minimum absolute atomic E-state index is 0. The molecule has 0 saturated carbocycles. The van der Waals surface area contributed by atoms with Crippen LogP contribution in [0.1, 0.15) is 250 Å². The van der Waals surface area contributed by atoms with Gasteiger partial charge in [0.15, 0.2) is 0 Å². The Hall–Kier alpha value is -11.1. The van der Waals surface area contributed by atoms with Crippen molar-refractivity contribution < 1.29 is 0 Å². The second-order valence-corrected chi connectivity index (χ2v) is 39.3. The molecule has 2 aliphatic rings. The molecule has 0 bridgehead atoms. The number of halogens is 3. The predicted molar refractivity (Wildman–Crippen MR) is 596 cm³/mol. The van der Waals surface area contributed by atoms with E-state index >= 15 is 0 Å². The Morgan fingerprint density at radius 1 is 0.209 bits per heavy atom. The van der Waals surface area contributed by atoms with Crippen molar-refractivity contribution in [2.45, 2.75) is 240 Å². The zero-order valence-electron chi connectivity index (χ0n) is 78.5. The Morgan fingerprint density at radius 3 is 0.664 bits per heavy atom. The summed E-state index contributed by atoms with van der Waals surface area (Å²) in [7, 11) is 0. The van der Waals surface area contributed by atoms with Crippen molar-refractivity contribution in [3.8, 4) is 66.8 Å². The molecule has 0 aromatic heterocycles. The molecule has 134 heavy (non-hydrogen) atoms. The number of benzene rings is 15. The largest absolute Gasteiger partial charge is 0.356 e. The van der Waals surface area contributed by atoms with Gasteiger partial charge >= 0.3 is 0 Å². The number of aryl methyl sites for hydroxylation is 1. The van der Waals surface area contributed by atoms with E-state index in [1.165, 1.54) is 263 Å². The third kappa shape index (κ3) is 25.9. The molecule has 2 aliphatic carbocycles. The third-order valence-corrected chi connectivity index (χ3v) is 28.8. The van der Waals surface area contributed by atoms with Crippen LogP contribution in [0.3, 0.4) is 0 Å². The second-order valence-electron chi connectivity index (χ2n) is 36.6. The summed E-state index contributed by atoms with van der Waals surface area (Å²) in [5.74, 6) is 0. The monoisotopic (exact) mass is 1960 g/mol. The fourth-order valence-corrected chi connectivity index (χ4v) is 20.9. The van der Waals surface area contributed by atoms with Crippen LogP contribution >= 0.6 is 47.8 Å². The topological polar surface area (TPSA) is 30.5 Å². The highest BCUT2D eigenvalue weighted by molar-refractivity contribution is 9.11. The van der Waals surface area contributed by atoms with Crippen LogP contribution in [0, 0.1) is 6.92 Å². The summed E-state index contributed by atoms with van der Waals surface area (Å²) < 4.78 is 3.29. The molecule has 0 radical (unpaired) electrons. The molecule has 4 nitrogen and oxygen atoms in total. The fraction of sp³-hybridized carbons (Fsp3) is 0.291. The Morgan fingerprint density at radius 2 is 0.410 bits per heavy atom. The smallest absolute Gasteiger partial charge is 0.0462 e. The predicted octanol–water partition coefficient (Wildman–Crippen LogP) is 41.6. The minimum Gasteiger partial charge on any atom is -0.356 e. The van der Waals surface area contributed by atoms with Crippen LogP contribution in [0.25, 0.3) is 66.8 Å².